The Labute approximate surface area is 118 Å². The topological polar surface area (TPSA) is 20.3 Å². The average molecular weight is 307 g/mol. The van der Waals surface area contributed by atoms with E-state index in [1.165, 1.54) is 0 Å². The summed E-state index contributed by atoms with van der Waals surface area (Å²) >= 11 is 0. The minimum atomic E-state index is -5.87. The van der Waals surface area contributed by atoms with Gasteiger partial charge in [-0.1, -0.05) is 24.3 Å². The van der Waals surface area contributed by atoms with Gasteiger partial charge in [0, 0.05) is 6.54 Å². The first-order valence-corrected chi connectivity index (χ1v) is 6.47. The number of hydrogen-bond acceptors (Lipinski definition) is 1. The van der Waals surface area contributed by atoms with E-state index in [0.717, 1.165) is 5.56 Å². The molecule has 116 valence electrons. The van der Waals surface area contributed by atoms with Crippen LogP contribution in [0, 0.1) is 6.92 Å². The molecule has 1 unspecified atom stereocenters. The molecule has 0 bridgehead atoms. The molecule has 2 rings (SSSR count). The van der Waals surface area contributed by atoms with Crippen LogP contribution in [0.25, 0.3) is 0 Å². The molecule has 2 nitrogen and oxygen atoms in total. The van der Waals surface area contributed by atoms with Crippen molar-refractivity contribution in [1.82, 2.24) is 4.90 Å². The summed E-state index contributed by atoms with van der Waals surface area (Å²) in [6.07, 6.45) is -5.09. The Balaban J connectivity index is 2.32. The second-order valence-corrected chi connectivity index (χ2v) is 5.09. The zero-order chi connectivity index (χ0) is 15.8. The zero-order valence-corrected chi connectivity index (χ0v) is 11.3. The quantitative estimate of drug-likeness (QED) is 0.760. The number of carbonyl (C=O) groups excluding carboxylic acids is 1. The molecule has 0 N–H and O–H groups in total. The standard InChI is InChI=1S/C14H14F5NO/c1-9-5-2-3-6-10(9)11-7-4-8-20(11)12(21)13(15,16)14(17,18)19/h2-3,5-6,11H,4,7-8H2,1H3. The van der Waals surface area contributed by atoms with E-state index in [-0.39, 0.29) is 6.54 Å². The summed E-state index contributed by atoms with van der Waals surface area (Å²) in [6.45, 7) is 1.64. The number of aryl methyl sites for hydroxylation is 1. The summed E-state index contributed by atoms with van der Waals surface area (Å²) in [4.78, 5) is 12.3. The summed E-state index contributed by atoms with van der Waals surface area (Å²) in [6, 6.07) is 6.07. The fraction of sp³-hybridized carbons (Fsp3) is 0.500. The number of benzene rings is 1. The van der Waals surface area contributed by atoms with Crippen LogP contribution in [0.15, 0.2) is 24.3 Å². The lowest BCUT2D eigenvalue weighted by Crippen LogP contribution is -2.51. The molecule has 0 aromatic heterocycles. The molecule has 0 radical (unpaired) electrons. The molecule has 1 aliphatic rings. The molecule has 1 amide bonds. The van der Waals surface area contributed by atoms with Crippen molar-refractivity contribution in [3.63, 3.8) is 0 Å². The first-order valence-electron chi connectivity index (χ1n) is 6.47. The van der Waals surface area contributed by atoms with E-state index in [0.29, 0.717) is 23.3 Å². The fourth-order valence-electron chi connectivity index (χ4n) is 2.60. The van der Waals surface area contributed by atoms with E-state index in [1.54, 1.807) is 31.2 Å². The number of carbonyl (C=O) groups is 1. The molecule has 1 saturated heterocycles. The lowest BCUT2D eigenvalue weighted by molar-refractivity contribution is -0.274. The van der Waals surface area contributed by atoms with Crippen molar-refractivity contribution in [1.29, 1.82) is 0 Å². The van der Waals surface area contributed by atoms with E-state index in [4.69, 9.17) is 0 Å². The number of likely N-dealkylation sites (tertiary alicyclic amines) is 1. The van der Waals surface area contributed by atoms with E-state index in [2.05, 4.69) is 0 Å². The van der Waals surface area contributed by atoms with Gasteiger partial charge in [-0.3, -0.25) is 4.79 Å². The Hall–Kier alpha value is -1.66. The van der Waals surface area contributed by atoms with Gasteiger partial charge < -0.3 is 4.90 Å². The maximum Gasteiger partial charge on any atom is 0.463 e. The number of rotatable bonds is 2. The third kappa shape index (κ3) is 2.73. The van der Waals surface area contributed by atoms with Gasteiger partial charge in [0.05, 0.1) is 6.04 Å². The van der Waals surface area contributed by atoms with Gasteiger partial charge in [0.25, 0.3) is 0 Å². The maximum absolute atomic E-state index is 13.2. The van der Waals surface area contributed by atoms with Gasteiger partial charge in [-0.15, -0.1) is 0 Å². The number of alkyl halides is 5. The number of amides is 1. The average Bonchev–Trinajstić information content (AvgIpc) is 2.85. The maximum atomic E-state index is 13.2. The molecule has 0 aliphatic carbocycles. The largest absolute Gasteiger partial charge is 0.463 e. The molecule has 1 aromatic carbocycles. The zero-order valence-electron chi connectivity index (χ0n) is 11.3. The van der Waals surface area contributed by atoms with E-state index in [1.807, 2.05) is 0 Å². The Morgan fingerprint density at radius 3 is 2.38 bits per heavy atom. The highest BCUT2D eigenvalue weighted by molar-refractivity contribution is 5.85. The molecule has 1 heterocycles. The van der Waals surface area contributed by atoms with Crippen molar-refractivity contribution in [2.24, 2.45) is 0 Å². The Bertz CT molecular complexity index is 540. The molecule has 1 aromatic rings. The van der Waals surface area contributed by atoms with E-state index < -0.39 is 24.0 Å². The summed E-state index contributed by atoms with van der Waals surface area (Å²) < 4.78 is 63.5. The lowest BCUT2D eigenvalue weighted by atomic mass is 9.99. The van der Waals surface area contributed by atoms with Crippen LogP contribution in [0.5, 0.6) is 0 Å². The smallest absolute Gasteiger partial charge is 0.330 e. The summed E-state index contributed by atoms with van der Waals surface area (Å²) in [5.74, 6) is -7.51. The highest BCUT2D eigenvalue weighted by Gasteiger charge is 2.65. The Morgan fingerprint density at radius 2 is 1.81 bits per heavy atom. The molecular weight excluding hydrogens is 293 g/mol. The molecule has 0 saturated carbocycles. The SMILES string of the molecule is Cc1ccccc1C1CCCN1C(=O)C(F)(F)C(F)(F)F. The van der Waals surface area contributed by atoms with Gasteiger partial charge in [-0.2, -0.15) is 22.0 Å². The molecule has 7 heteroatoms. The highest BCUT2D eigenvalue weighted by Crippen LogP contribution is 2.41. The van der Waals surface area contributed by atoms with Gasteiger partial charge in [0.2, 0.25) is 0 Å². The van der Waals surface area contributed by atoms with Crippen LogP contribution in [0.3, 0.4) is 0 Å². The van der Waals surface area contributed by atoms with E-state index in [9.17, 15) is 26.7 Å². The van der Waals surface area contributed by atoms with Crippen LogP contribution in [0.2, 0.25) is 0 Å². The van der Waals surface area contributed by atoms with Crippen molar-refractivity contribution < 1.29 is 26.7 Å². The highest BCUT2D eigenvalue weighted by atomic mass is 19.4. The second kappa shape index (κ2) is 5.27. The predicted molar refractivity (Wildman–Crippen MR) is 65.9 cm³/mol. The number of hydrogen-bond donors (Lipinski definition) is 0. The van der Waals surface area contributed by atoms with Crippen LogP contribution in [0.4, 0.5) is 22.0 Å². The minimum Gasteiger partial charge on any atom is -0.330 e. The summed E-state index contributed by atoms with van der Waals surface area (Å²) in [5.41, 5.74) is 1.37. The van der Waals surface area contributed by atoms with Gasteiger partial charge >= 0.3 is 18.0 Å². The minimum absolute atomic E-state index is 0.0937. The molecule has 1 atom stereocenters. The molecule has 1 fully saturated rings. The van der Waals surface area contributed by atoms with Crippen LogP contribution >= 0.6 is 0 Å². The normalized spacial score (nSPS) is 19.9. The number of nitrogens with zero attached hydrogens (tertiary/aromatic N) is 1. The Morgan fingerprint density at radius 1 is 1.19 bits per heavy atom. The van der Waals surface area contributed by atoms with Crippen molar-refractivity contribution >= 4 is 5.91 Å². The van der Waals surface area contributed by atoms with Gasteiger partial charge in [0.15, 0.2) is 0 Å². The summed E-state index contributed by atoms with van der Waals surface area (Å²) in [7, 11) is 0. The molecule has 0 spiro atoms. The van der Waals surface area contributed by atoms with Crippen molar-refractivity contribution in [3.05, 3.63) is 35.4 Å². The Kier molecular flexibility index (Phi) is 3.95. The molecule has 1 aliphatic heterocycles. The van der Waals surface area contributed by atoms with Crippen LogP contribution < -0.4 is 0 Å². The van der Waals surface area contributed by atoms with Crippen molar-refractivity contribution in [2.45, 2.75) is 37.9 Å². The van der Waals surface area contributed by atoms with Gasteiger partial charge in [-0.05, 0) is 30.9 Å². The first kappa shape index (κ1) is 15.7. The van der Waals surface area contributed by atoms with E-state index >= 15 is 0 Å². The van der Waals surface area contributed by atoms with Crippen LogP contribution in [0.1, 0.15) is 30.0 Å². The third-order valence-corrected chi connectivity index (χ3v) is 3.69. The summed E-state index contributed by atoms with van der Waals surface area (Å²) in [5, 5.41) is 0. The lowest BCUT2D eigenvalue weighted by Gasteiger charge is -2.30. The van der Waals surface area contributed by atoms with Gasteiger partial charge in [-0.25, -0.2) is 0 Å². The van der Waals surface area contributed by atoms with Crippen molar-refractivity contribution in [2.75, 3.05) is 6.54 Å². The van der Waals surface area contributed by atoms with Crippen LogP contribution in [-0.2, 0) is 4.79 Å². The second-order valence-electron chi connectivity index (χ2n) is 5.09. The monoisotopic (exact) mass is 307 g/mol. The molecular formula is C14H14F5NO. The van der Waals surface area contributed by atoms with Gasteiger partial charge in [0.1, 0.15) is 0 Å². The van der Waals surface area contributed by atoms with Crippen molar-refractivity contribution in [3.8, 4) is 0 Å². The molecule has 21 heavy (non-hydrogen) atoms. The van der Waals surface area contributed by atoms with Crippen LogP contribution in [-0.4, -0.2) is 29.5 Å². The predicted octanol–water partition coefficient (Wildman–Crippen LogP) is 3.86. The first-order chi connectivity index (χ1) is 9.66. The third-order valence-electron chi connectivity index (χ3n) is 3.69. The fourth-order valence-corrected chi connectivity index (χ4v) is 2.60. The number of halogens is 5.